The van der Waals surface area contributed by atoms with Gasteiger partial charge in [-0.05, 0) is 13.3 Å². The van der Waals surface area contributed by atoms with Crippen molar-refractivity contribution in [2.24, 2.45) is 0 Å². The number of esters is 1. The van der Waals surface area contributed by atoms with Crippen molar-refractivity contribution >= 4 is 5.97 Å². The average Bonchev–Trinajstić information content (AvgIpc) is 2.15. The van der Waals surface area contributed by atoms with Crippen LogP contribution in [0.3, 0.4) is 0 Å². The fourth-order valence-corrected chi connectivity index (χ4v) is 0.858. The van der Waals surface area contributed by atoms with E-state index in [1.807, 2.05) is 0 Å². The highest BCUT2D eigenvalue weighted by Crippen LogP contribution is 2.38. The second-order valence-corrected chi connectivity index (χ2v) is 3.17. The molecular formula is C9H10F6O2. The Morgan fingerprint density at radius 1 is 1.24 bits per heavy atom. The van der Waals surface area contributed by atoms with Crippen LogP contribution in [0.25, 0.3) is 0 Å². The molecule has 0 atom stereocenters. The smallest absolute Gasteiger partial charge is 0.430 e. The molecule has 2 nitrogen and oxygen atoms in total. The van der Waals surface area contributed by atoms with E-state index in [1.54, 1.807) is 0 Å². The molecule has 0 aromatic heterocycles. The maximum absolute atomic E-state index is 12.4. The third-order valence-electron chi connectivity index (χ3n) is 1.83. The SMILES string of the molecule is CC(=CCCC(F)(F)C(F)(F)F)C(=O)OCF. The normalized spacial score (nSPS) is 13.7. The standard InChI is InChI=1S/C9H10F6O2/c1-6(7(16)17-5-10)3-2-4-8(11,12)9(13,14)15/h3H,2,4-5H2,1H3. The van der Waals surface area contributed by atoms with Gasteiger partial charge in [-0.2, -0.15) is 22.0 Å². The Morgan fingerprint density at radius 3 is 2.18 bits per heavy atom. The minimum Gasteiger partial charge on any atom is -0.430 e. The van der Waals surface area contributed by atoms with Crippen molar-refractivity contribution in [2.45, 2.75) is 31.9 Å². The first-order valence-corrected chi connectivity index (χ1v) is 4.46. The van der Waals surface area contributed by atoms with E-state index in [-0.39, 0.29) is 5.57 Å². The zero-order valence-electron chi connectivity index (χ0n) is 8.78. The van der Waals surface area contributed by atoms with Gasteiger partial charge in [-0.15, -0.1) is 0 Å². The van der Waals surface area contributed by atoms with Crippen LogP contribution in [0.4, 0.5) is 26.3 Å². The highest BCUT2D eigenvalue weighted by Gasteiger charge is 2.56. The molecule has 0 aliphatic carbocycles. The van der Waals surface area contributed by atoms with Crippen molar-refractivity contribution in [1.82, 2.24) is 0 Å². The van der Waals surface area contributed by atoms with Crippen molar-refractivity contribution in [3.63, 3.8) is 0 Å². The first-order chi connectivity index (χ1) is 7.62. The van der Waals surface area contributed by atoms with Crippen LogP contribution in [0, 0.1) is 0 Å². The van der Waals surface area contributed by atoms with Crippen LogP contribution in [0.2, 0.25) is 0 Å². The fourth-order valence-electron chi connectivity index (χ4n) is 0.858. The molecule has 0 N–H and O–H groups in total. The van der Waals surface area contributed by atoms with E-state index >= 15 is 0 Å². The molecule has 0 radical (unpaired) electrons. The van der Waals surface area contributed by atoms with Gasteiger partial charge in [-0.1, -0.05) is 6.08 Å². The molecule has 0 heterocycles. The quantitative estimate of drug-likeness (QED) is 0.432. The largest absolute Gasteiger partial charge is 0.453 e. The monoisotopic (exact) mass is 264 g/mol. The average molecular weight is 264 g/mol. The number of hydrogen-bond donors (Lipinski definition) is 0. The molecule has 0 amide bonds. The highest BCUT2D eigenvalue weighted by atomic mass is 19.4. The Hall–Kier alpha value is -1.21. The van der Waals surface area contributed by atoms with Crippen LogP contribution in [0.15, 0.2) is 11.6 Å². The summed E-state index contributed by atoms with van der Waals surface area (Å²) in [5, 5.41) is 0. The Balaban J connectivity index is 4.32. The van der Waals surface area contributed by atoms with Crippen LogP contribution in [0.1, 0.15) is 19.8 Å². The molecule has 0 aromatic carbocycles. The molecule has 0 unspecified atom stereocenters. The predicted molar refractivity (Wildman–Crippen MR) is 46.1 cm³/mol. The van der Waals surface area contributed by atoms with Crippen molar-refractivity contribution in [1.29, 1.82) is 0 Å². The maximum atomic E-state index is 12.4. The van der Waals surface area contributed by atoms with Gasteiger partial charge < -0.3 is 4.74 Å². The van der Waals surface area contributed by atoms with Crippen LogP contribution < -0.4 is 0 Å². The van der Waals surface area contributed by atoms with Gasteiger partial charge in [0.2, 0.25) is 6.86 Å². The van der Waals surface area contributed by atoms with Crippen LogP contribution in [0.5, 0.6) is 0 Å². The number of carbonyl (C=O) groups is 1. The van der Waals surface area contributed by atoms with E-state index in [1.165, 1.54) is 0 Å². The molecule has 0 rings (SSSR count). The number of halogens is 6. The summed E-state index contributed by atoms with van der Waals surface area (Å²) < 4.78 is 75.4. The topological polar surface area (TPSA) is 26.3 Å². The highest BCUT2D eigenvalue weighted by molar-refractivity contribution is 5.87. The lowest BCUT2D eigenvalue weighted by molar-refractivity contribution is -0.283. The van der Waals surface area contributed by atoms with E-state index in [9.17, 15) is 31.1 Å². The summed E-state index contributed by atoms with van der Waals surface area (Å²) in [5.74, 6) is -5.91. The Labute approximate surface area is 93.2 Å². The summed E-state index contributed by atoms with van der Waals surface area (Å²) in [6, 6.07) is 0. The fraction of sp³-hybridized carbons (Fsp3) is 0.667. The minimum atomic E-state index is -5.62. The Bertz CT molecular complexity index is 294. The summed E-state index contributed by atoms with van der Waals surface area (Å²) in [4.78, 5) is 10.8. The molecule has 17 heavy (non-hydrogen) atoms. The van der Waals surface area contributed by atoms with E-state index in [0.717, 1.165) is 13.0 Å². The van der Waals surface area contributed by atoms with Crippen molar-refractivity contribution in [3.8, 4) is 0 Å². The molecule has 0 spiro atoms. The lowest BCUT2D eigenvalue weighted by Gasteiger charge is -2.18. The van der Waals surface area contributed by atoms with E-state index in [0.29, 0.717) is 0 Å². The van der Waals surface area contributed by atoms with Crippen LogP contribution in [-0.4, -0.2) is 24.9 Å². The number of alkyl halides is 6. The summed E-state index contributed by atoms with van der Waals surface area (Å²) >= 11 is 0. The molecule has 0 aromatic rings. The second kappa shape index (κ2) is 5.92. The van der Waals surface area contributed by atoms with Gasteiger partial charge in [0.05, 0.1) is 0 Å². The lowest BCUT2D eigenvalue weighted by atomic mass is 10.1. The van der Waals surface area contributed by atoms with E-state index < -0.39 is 37.8 Å². The van der Waals surface area contributed by atoms with Gasteiger partial charge >= 0.3 is 18.1 Å². The van der Waals surface area contributed by atoms with Crippen LogP contribution in [-0.2, 0) is 9.53 Å². The third kappa shape index (κ3) is 5.10. The molecule has 0 fully saturated rings. The van der Waals surface area contributed by atoms with Crippen LogP contribution >= 0.6 is 0 Å². The van der Waals surface area contributed by atoms with E-state index in [2.05, 4.69) is 4.74 Å². The molecule has 0 bridgehead atoms. The summed E-state index contributed by atoms with van der Waals surface area (Å²) in [6.07, 6.45) is -6.91. The summed E-state index contributed by atoms with van der Waals surface area (Å²) in [5.41, 5.74) is -0.222. The number of carbonyl (C=O) groups excluding carboxylic acids is 1. The molecule has 100 valence electrons. The summed E-state index contributed by atoms with van der Waals surface area (Å²) in [6.45, 7) is -0.257. The molecule has 0 saturated heterocycles. The van der Waals surface area contributed by atoms with Gasteiger partial charge in [-0.3, -0.25) is 0 Å². The Morgan fingerprint density at radius 2 is 1.76 bits per heavy atom. The number of rotatable bonds is 5. The molecule has 8 heteroatoms. The van der Waals surface area contributed by atoms with Gasteiger partial charge in [0.15, 0.2) is 0 Å². The molecular weight excluding hydrogens is 254 g/mol. The van der Waals surface area contributed by atoms with E-state index in [4.69, 9.17) is 0 Å². The van der Waals surface area contributed by atoms with Crippen molar-refractivity contribution in [2.75, 3.05) is 6.86 Å². The second-order valence-electron chi connectivity index (χ2n) is 3.17. The van der Waals surface area contributed by atoms with Gasteiger partial charge in [-0.25, -0.2) is 9.18 Å². The molecule has 0 aliphatic heterocycles. The molecule has 0 aliphatic rings. The zero-order valence-corrected chi connectivity index (χ0v) is 8.78. The third-order valence-corrected chi connectivity index (χ3v) is 1.83. The first-order valence-electron chi connectivity index (χ1n) is 4.46. The van der Waals surface area contributed by atoms with Crippen molar-refractivity contribution in [3.05, 3.63) is 11.6 Å². The van der Waals surface area contributed by atoms with Crippen molar-refractivity contribution < 1.29 is 35.9 Å². The Kier molecular flexibility index (Phi) is 5.50. The van der Waals surface area contributed by atoms with Gasteiger partial charge in [0.25, 0.3) is 0 Å². The summed E-state index contributed by atoms with van der Waals surface area (Å²) in [7, 11) is 0. The number of ether oxygens (including phenoxy) is 1. The lowest BCUT2D eigenvalue weighted by Crippen LogP contribution is -2.36. The van der Waals surface area contributed by atoms with Gasteiger partial charge in [0.1, 0.15) is 0 Å². The minimum absolute atomic E-state index is 0.222. The predicted octanol–water partition coefficient (Wildman–Crippen LogP) is 3.38. The first kappa shape index (κ1) is 15.8. The van der Waals surface area contributed by atoms with Gasteiger partial charge in [0, 0.05) is 12.0 Å². The maximum Gasteiger partial charge on any atom is 0.453 e. The number of hydrogen-bond acceptors (Lipinski definition) is 2. The molecule has 0 saturated carbocycles. The number of allylic oxidation sites excluding steroid dienone is 1. The zero-order chi connectivity index (χ0) is 13.7.